The van der Waals surface area contributed by atoms with Gasteiger partial charge in [-0.25, -0.2) is 4.98 Å². The van der Waals surface area contributed by atoms with Gasteiger partial charge in [-0.05, 0) is 60.2 Å². The molecule has 4 heteroatoms. The third kappa shape index (κ3) is 5.27. The first-order chi connectivity index (χ1) is 16.8. The Morgan fingerprint density at radius 3 is 2.44 bits per heavy atom. The quantitative estimate of drug-likeness (QED) is 0.269. The molecule has 1 aromatic heterocycles. The standard InChI is InChI=1S/C30H26N2OS/c31-20-26(18-22-8-7-13-28(19-22)33-27-11-5-2-6-12-27)30-32-29(21-34-30)25-16-14-24(15-17-25)23-9-3-1-4-10-23/h2,5-8,11-19,21,23H,1,3-4,9-10H2/b26-18-. The van der Waals surface area contributed by atoms with Gasteiger partial charge in [0.05, 0.1) is 11.3 Å². The van der Waals surface area contributed by atoms with Crippen LogP contribution in [0.15, 0.2) is 84.2 Å². The summed E-state index contributed by atoms with van der Waals surface area (Å²) < 4.78 is 5.93. The first-order valence-electron chi connectivity index (χ1n) is 11.8. The molecule has 1 saturated carbocycles. The average molecular weight is 463 g/mol. The van der Waals surface area contributed by atoms with E-state index in [4.69, 9.17) is 9.72 Å². The van der Waals surface area contributed by atoms with Crippen LogP contribution in [-0.4, -0.2) is 4.98 Å². The van der Waals surface area contributed by atoms with E-state index in [0.717, 1.165) is 33.3 Å². The lowest BCUT2D eigenvalue weighted by Gasteiger charge is -2.22. The molecule has 0 saturated heterocycles. The number of rotatable bonds is 6. The van der Waals surface area contributed by atoms with Gasteiger partial charge in [-0.1, -0.05) is 73.9 Å². The lowest BCUT2D eigenvalue weighted by atomic mass is 9.84. The lowest BCUT2D eigenvalue weighted by molar-refractivity contribution is 0.443. The molecule has 0 spiro atoms. The highest BCUT2D eigenvalue weighted by molar-refractivity contribution is 7.11. The summed E-state index contributed by atoms with van der Waals surface area (Å²) in [5, 5.41) is 12.6. The highest BCUT2D eigenvalue weighted by Crippen LogP contribution is 2.34. The molecule has 34 heavy (non-hydrogen) atoms. The summed E-state index contributed by atoms with van der Waals surface area (Å²) in [5.41, 5.74) is 4.90. The highest BCUT2D eigenvalue weighted by Gasteiger charge is 2.16. The van der Waals surface area contributed by atoms with Gasteiger partial charge in [-0.3, -0.25) is 0 Å². The average Bonchev–Trinajstić information content (AvgIpc) is 3.39. The van der Waals surface area contributed by atoms with Gasteiger partial charge in [0.2, 0.25) is 0 Å². The summed E-state index contributed by atoms with van der Waals surface area (Å²) in [5.74, 6) is 2.21. The molecule has 0 bridgehead atoms. The molecule has 1 heterocycles. The number of allylic oxidation sites excluding steroid dienone is 1. The van der Waals surface area contributed by atoms with Gasteiger partial charge in [-0.2, -0.15) is 5.26 Å². The molecule has 1 aliphatic rings. The van der Waals surface area contributed by atoms with Crippen LogP contribution >= 0.6 is 11.3 Å². The smallest absolute Gasteiger partial charge is 0.134 e. The van der Waals surface area contributed by atoms with Crippen molar-refractivity contribution < 1.29 is 4.74 Å². The molecule has 1 fully saturated rings. The highest BCUT2D eigenvalue weighted by atomic mass is 32.1. The zero-order valence-electron chi connectivity index (χ0n) is 19.0. The molecule has 0 radical (unpaired) electrons. The van der Waals surface area contributed by atoms with Crippen LogP contribution in [0.25, 0.3) is 22.9 Å². The van der Waals surface area contributed by atoms with E-state index in [1.165, 1.54) is 49.0 Å². The number of benzene rings is 3. The third-order valence-electron chi connectivity index (χ3n) is 6.29. The van der Waals surface area contributed by atoms with Gasteiger partial charge in [0.25, 0.3) is 0 Å². The second kappa shape index (κ2) is 10.5. The summed E-state index contributed by atoms with van der Waals surface area (Å²) in [6.45, 7) is 0. The zero-order chi connectivity index (χ0) is 23.2. The summed E-state index contributed by atoms with van der Waals surface area (Å²) in [6, 6.07) is 28.6. The molecule has 0 unspecified atom stereocenters. The maximum Gasteiger partial charge on any atom is 0.134 e. The first-order valence-corrected chi connectivity index (χ1v) is 12.7. The lowest BCUT2D eigenvalue weighted by Crippen LogP contribution is -2.04. The molecule has 3 nitrogen and oxygen atoms in total. The van der Waals surface area contributed by atoms with Crippen LogP contribution in [0.1, 0.15) is 54.2 Å². The van der Waals surface area contributed by atoms with E-state index in [1.54, 1.807) is 0 Å². The van der Waals surface area contributed by atoms with Crippen molar-refractivity contribution in [3.8, 4) is 28.8 Å². The molecule has 168 valence electrons. The Morgan fingerprint density at radius 2 is 1.68 bits per heavy atom. The van der Waals surface area contributed by atoms with Crippen molar-refractivity contribution in [1.29, 1.82) is 5.26 Å². The molecule has 0 N–H and O–H groups in total. The normalized spacial score (nSPS) is 14.5. The molecule has 0 atom stereocenters. The maximum atomic E-state index is 9.82. The fourth-order valence-corrected chi connectivity index (χ4v) is 5.29. The van der Waals surface area contributed by atoms with Crippen LogP contribution in [0.2, 0.25) is 0 Å². The summed E-state index contributed by atoms with van der Waals surface area (Å²) >= 11 is 1.50. The minimum absolute atomic E-state index is 0.548. The summed E-state index contributed by atoms with van der Waals surface area (Å²) in [4.78, 5) is 4.78. The second-order valence-electron chi connectivity index (χ2n) is 8.65. The van der Waals surface area contributed by atoms with Crippen LogP contribution in [0.4, 0.5) is 0 Å². The van der Waals surface area contributed by atoms with Crippen LogP contribution in [0.5, 0.6) is 11.5 Å². The third-order valence-corrected chi connectivity index (χ3v) is 7.16. The topological polar surface area (TPSA) is 45.9 Å². The Hall–Kier alpha value is -3.68. The Labute approximate surface area is 205 Å². The number of thiazole rings is 1. The van der Waals surface area contributed by atoms with Crippen LogP contribution in [-0.2, 0) is 0 Å². The minimum Gasteiger partial charge on any atom is -0.457 e. The molecule has 1 aliphatic carbocycles. The maximum absolute atomic E-state index is 9.82. The van der Waals surface area contributed by atoms with Crippen LogP contribution < -0.4 is 4.74 Å². The van der Waals surface area contributed by atoms with Gasteiger partial charge in [-0.15, -0.1) is 11.3 Å². The monoisotopic (exact) mass is 462 g/mol. The Kier molecular flexibility index (Phi) is 6.84. The number of hydrogen-bond acceptors (Lipinski definition) is 4. The number of ether oxygens (including phenoxy) is 1. The molecule has 0 amide bonds. The van der Waals surface area contributed by atoms with Crippen molar-refractivity contribution >= 4 is 23.0 Å². The Balaban J connectivity index is 1.33. The van der Waals surface area contributed by atoms with E-state index < -0.39 is 0 Å². The molecular formula is C30H26N2OS. The first kappa shape index (κ1) is 22.1. The van der Waals surface area contributed by atoms with Crippen molar-refractivity contribution in [2.45, 2.75) is 38.0 Å². The molecule has 0 aliphatic heterocycles. The number of aromatic nitrogens is 1. The van der Waals surface area contributed by atoms with Crippen molar-refractivity contribution in [2.75, 3.05) is 0 Å². The van der Waals surface area contributed by atoms with Crippen molar-refractivity contribution in [1.82, 2.24) is 4.98 Å². The van der Waals surface area contributed by atoms with E-state index in [2.05, 4.69) is 30.3 Å². The number of para-hydroxylation sites is 1. The van der Waals surface area contributed by atoms with Gasteiger partial charge < -0.3 is 4.74 Å². The Bertz CT molecular complexity index is 1310. The Morgan fingerprint density at radius 1 is 0.912 bits per heavy atom. The zero-order valence-corrected chi connectivity index (χ0v) is 19.8. The molecule has 4 aromatic rings. The second-order valence-corrected chi connectivity index (χ2v) is 9.51. The van der Waals surface area contributed by atoms with E-state index in [9.17, 15) is 5.26 Å². The van der Waals surface area contributed by atoms with Crippen molar-refractivity contribution in [2.24, 2.45) is 0 Å². The van der Waals surface area contributed by atoms with Gasteiger partial charge in [0.15, 0.2) is 0 Å². The minimum atomic E-state index is 0.548. The van der Waals surface area contributed by atoms with E-state index in [0.29, 0.717) is 11.5 Å². The number of nitriles is 1. The van der Waals surface area contributed by atoms with Crippen LogP contribution in [0.3, 0.4) is 0 Å². The van der Waals surface area contributed by atoms with E-state index >= 15 is 0 Å². The summed E-state index contributed by atoms with van der Waals surface area (Å²) in [7, 11) is 0. The fraction of sp³-hybridized carbons (Fsp3) is 0.200. The summed E-state index contributed by atoms with van der Waals surface area (Å²) in [6.07, 6.45) is 8.52. The van der Waals surface area contributed by atoms with E-state index in [1.807, 2.05) is 66.1 Å². The predicted molar refractivity (Wildman–Crippen MR) is 140 cm³/mol. The SMILES string of the molecule is N#C/C(=C/c1cccc(Oc2ccccc2)c1)c1nc(-c2ccc(C3CCCCC3)cc2)cs1. The van der Waals surface area contributed by atoms with Crippen molar-refractivity contribution in [3.63, 3.8) is 0 Å². The number of nitrogens with zero attached hydrogens (tertiary/aromatic N) is 2. The molecule has 3 aromatic carbocycles. The predicted octanol–water partition coefficient (Wildman–Crippen LogP) is 8.71. The largest absolute Gasteiger partial charge is 0.457 e. The molecular weight excluding hydrogens is 436 g/mol. The van der Waals surface area contributed by atoms with Gasteiger partial charge in [0, 0.05) is 10.9 Å². The van der Waals surface area contributed by atoms with Gasteiger partial charge in [0.1, 0.15) is 22.6 Å². The van der Waals surface area contributed by atoms with Gasteiger partial charge >= 0.3 is 0 Å². The van der Waals surface area contributed by atoms with Crippen molar-refractivity contribution in [3.05, 3.63) is 100 Å². The molecule has 5 rings (SSSR count). The van der Waals surface area contributed by atoms with E-state index in [-0.39, 0.29) is 0 Å². The van der Waals surface area contributed by atoms with Crippen LogP contribution in [0, 0.1) is 11.3 Å². The number of hydrogen-bond donors (Lipinski definition) is 0. The fourth-order valence-electron chi connectivity index (χ4n) is 4.49.